The highest BCUT2D eigenvalue weighted by molar-refractivity contribution is 5.94. The lowest BCUT2D eigenvalue weighted by Crippen LogP contribution is -2.49. The lowest BCUT2D eigenvalue weighted by Gasteiger charge is -2.36. The molecule has 26 heavy (non-hydrogen) atoms. The number of β-amino-alcohol motifs (C(OH)–C–C–N with tert-alkyl or cyclic N) is 1. The molecule has 146 valence electrons. The number of carbonyl (C=O) groups is 2. The van der Waals surface area contributed by atoms with Gasteiger partial charge in [0.1, 0.15) is 0 Å². The molecule has 1 aromatic carbocycles. The topological polar surface area (TPSA) is 72.9 Å². The number of hydrogen-bond acceptors (Lipinski definition) is 5. The molecule has 0 aliphatic carbocycles. The molecular formula is C18H27Cl2N3O3. The van der Waals surface area contributed by atoms with Crippen LogP contribution in [0.2, 0.25) is 0 Å². The summed E-state index contributed by atoms with van der Waals surface area (Å²) in [5.74, 6) is 0.232. The summed E-state index contributed by atoms with van der Waals surface area (Å²) in [6.07, 6.45) is 0.802. The number of amides is 1. The largest absolute Gasteiger partial charge is 0.392 e. The molecule has 2 heterocycles. The highest BCUT2D eigenvalue weighted by Gasteiger charge is 2.27. The van der Waals surface area contributed by atoms with Crippen molar-refractivity contribution in [1.82, 2.24) is 10.2 Å². The van der Waals surface area contributed by atoms with Crippen LogP contribution in [-0.4, -0.2) is 66.6 Å². The van der Waals surface area contributed by atoms with E-state index >= 15 is 0 Å². The van der Waals surface area contributed by atoms with Gasteiger partial charge < -0.3 is 20.2 Å². The van der Waals surface area contributed by atoms with Crippen molar-refractivity contribution in [3.05, 3.63) is 29.8 Å². The Morgan fingerprint density at radius 1 is 1.12 bits per heavy atom. The summed E-state index contributed by atoms with van der Waals surface area (Å²) in [6, 6.07) is 7.75. The number of hydrogen-bond donors (Lipinski definition) is 2. The SMILES string of the molecule is CC(=O)c1ccc(N2CCN(C(=O)C[C@H]3C[C@@H](O)CN3)CC2)cc1.Cl.Cl. The number of ketones is 1. The Morgan fingerprint density at radius 2 is 1.73 bits per heavy atom. The van der Waals surface area contributed by atoms with E-state index in [-0.39, 0.29) is 48.7 Å². The predicted molar refractivity (Wildman–Crippen MR) is 107 cm³/mol. The van der Waals surface area contributed by atoms with Gasteiger partial charge in [-0.3, -0.25) is 9.59 Å². The zero-order chi connectivity index (χ0) is 17.1. The second-order valence-corrected chi connectivity index (χ2v) is 6.67. The number of Topliss-reactive ketones (excluding diaryl/α,β-unsaturated/α-hetero) is 1. The van der Waals surface area contributed by atoms with Crippen molar-refractivity contribution in [3.8, 4) is 0 Å². The van der Waals surface area contributed by atoms with Gasteiger partial charge in [-0.15, -0.1) is 24.8 Å². The van der Waals surface area contributed by atoms with Gasteiger partial charge in [0.15, 0.2) is 5.78 Å². The lowest BCUT2D eigenvalue weighted by molar-refractivity contribution is -0.132. The zero-order valence-electron chi connectivity index (χ0n) is 14.9. The Bertz CT molecular complexity index is 604. The van der Waals surface area contributed by atoms with Gasteiger partial charge >= 0.3 is 0 Å². The number of piperazine rings is 1. The summed E-state index contributed by atoms with van der Waals surface area (Å²) in [5.41, 5.74) is 1.81. The smallest absolute Gasteiger partial charge is 0.224 e. The van der Waals surface area contributed by atoms with Crippen molar-refractivity contribution in [2.24, 2.45) is 0 Å². The van der Waals surface area contributed by atoms with Gasteiger partial charge in [-0.05, 0) is 37.6 Å². The van der Waals surface area contributed by atoms with Crippen LogP contribution in [0, 0.1) is 0 Å². The van der Waals surface area contributed by atoms with Crippen molar-refractivity contribution in [1.29, 1.82) is 0 Å². The standard InChI is InChI=1S/C18H25N3O3.2ClH/c1-13(22)14-2-4-16(5-3-14)20-6-8-21(9-7-20)18(24)11-15-10-17(23)12-19-15;;/h2-5,15,17,19,23H,6-12H2,1H3;2*1H/t15-,17-;;/m1../s1. The molecule has 0 radical (unpaired) electrons. The van der Waals surface area contributed by atoms with E-state index in [1.165, 1.54) is 0 Å². The molecule has 2 saturated heterocycles. The average Bonchev–Trinajstić information content (AvgIpc) is 3.00. The van der Waals surface area contributed by atoms with E-state index in [0.29, 0.717) is 32.5 Å². The maximum Gasteiger partial charge on any atom is 0.224 e. The van der Waals surface area contributed by atoms with Gasteiger partial charge in [0.25, 0.3) is 0 Å². The van der Waals surface area contributed by atoms with Crippen LogP contribution >= 0.6 is 24.8 Å². The number of nitrogens with one attached hydrogen (secondary N) is 1. The third-order valence-electron chi connectivity index (χ3n) is 4.89. The fourth-order valence-electron chi connectivity index (χ4n) is 3.41. The molecule has 0 unspecified atom stereocenters. The Kier molecular flexibility index (Phi) is 8.83. The van der Waals surface area contributed by atoms with Crippen molar-refractivity contribution >= 4 is 42.2 Å². The van der Waals surface area contributed by atoms with E-state index in [4.69, 9.17) is 0 Å². The third kappa shape index (κ3) is 5.58. The minimum Gasteiger partial charge on any atom is -0.392 e. The van der Waals surface area contributed by atoms with Crippen molar-refractivity contribution in [2.45, 2.75) is 31.9 Å². The summed E-state index contributed by atoms with van der Waals surface area (Å²) in [5, 5.41) is 12.7. The molecule has 0 bridgehead atoms. The molecule has 1 amide bonds. The number of aliphatic hydroxyl groups is 1. The lowest BCUT2D eigenvalue weighted by atomic mass is 10.1. The van der Waals surface area contributed by atoms with Gasteiger partial charge in [-0.2, -0.15) is 0 Å². The Labute approximate surface area is 166 Å². The Hall–Kier alpha value is -1.34. The highest BCUT2D eigenvalue weighted by Crippen LogP contribution is 2.19. The first-order valence-electron chi connectivity index (χ1n) is 8.58. The summed E-state index contributed by atoms with van der Waals surface area (Å²) < 4.78 is 0. The van der Waals surface area contributed by atoms with E-state index in [0.717, 1.165) is 24.3 Å². The number of aliphatic hydroxyl groups excluding tert-OH is 1. The van der Waals surface area contributed by atoms with E-state index in [1.807, 2.05) is 29.2 Å². The second kappa shape index (κ2) is 10.1. The van der Waals surface area contributed by atoms with Crippen molar-refractivity contribution in [3.63, 3.8) is 0 Å². The molecule has 0 aromatic heterocycles. The fourth-order valence-corrected chi connectivity index (χ4v) is 3.41. The van der Waals surface area contributed by atoms with Crippen molar-refractivity contribution < 1.29 is 14.7 Å². The molecule has 2 fully saturated rings. The van der Waals surface area contributed by atoms with Crippen LogP contribution in [0.4, 0.5) is 5.69 Å². The zero-order valence-corrected chi connectivity index (χ0v) is 16.5. The number of halogens is 2. The molecule has 8 heteroatoms. The number of nitrogens with zero attached hydrogens (tertiary/aromatic N) is 2. The first-order chi connectivity index (χ1) is 11.5. The third-order valence-corrected chi connectivity index (χ3v) is 4.89. The molecule has 2 aliphatic rings. The van der Waals surface area contributed by atoms with Crippen LogP contribution in [0.25, 0.3) is 0 Å². The first-order valence-corrected chi connectivity index (χ1v) is 8.58. The van der Waals surface area contributed by atoms with Crippen LogP contribution in [0.5, 0.6) is 0 Å². The van der Waals surface area contributed by atoms with Crippen LogP contribution < -0.4 is 10.2 Å². The quantitative estimate of drug-likeness (QED) is 0.745. The average molecular weight is 404 g/mol. The molecule has 0 saturated carbocycles. The van der Waals surface area contributed by atoms with Crippen LogP contribution in [0.3, 0.4) is 0 Å². The van der Waals surface area contributed by atoms with E-state index in [9.17, 15) is 14.7 Å². The van der Waals surface area contributed by atoms with Crippen molar-refractivity contribution in [2.75, 3.05) is 37.6 Å². The van der Waals surface area contributed by atoms with Gasteiger partial charge in [0.05, 0.1) is 6.10 Å². The molecule has 3 rings (SSSR count). The minimum atomic E-state index is -0.322. The van der Waals surface area contributed by atoms with Crippen LogP contribution in [0.1, 0.15) is 30.1 Å². The summed E-state index contributed by atoms with van der Waals surface area (Å²) in [6.45, 7) is 5.17. The Morgan fingerprint density at radius 3 is 2.23 bits per heavy atom. The molecule has 2 aliphatic heterocycles. The monoisotopic (exact) mass is 403 g/mol. The molecule has 2 N–H and O–H groups in total. The predicted octanol–water partition coefficient (Wildman–Crippen LogP) is 1.49. The molecule has 2 atom stereocenters. The van der Waals surface area contributed by atoms with E-state index in [1.54, 1.807) is 6.92 Å². The van der Waals surface area contributed by atoms with Gasteiger partial charge in [0.2, 0.25) is 5.91 Å². The normalized spacial score (nSPS) is 22.4. The number of rotatable bonds is 4. The summed E-state index contributed by atoms with van der Waals surface area (Å²) >= 11 is 0. The number of carbonyl (C=O) groups excluding carboxylic acids is 2. The molecule has 0 spiro atoms. The number of anilines is 1. The number of benzene rings is 1. The fraction of sp³-hybridized carbons (Fsp3) is 0.556. The molecule has 1 aromatic rings. The summed E-state index contributed by atoms with van der Waals surface area (Å²) in [7, 11) is 0. The second-order valence-electron chi connectivity index (χ2n) is 6.67. The van der Waals surface area contributed by atoms with Crippen LogP contribution in [-0.2, 0) is 4.79 Å². The van der Waals surface area contributed by atoms with Gasteiger partial charge in [-0.25, -0.2) is 0 Å². The minimum absolute atomic E-state index is 0. The molecular weight excluding hydrogens is 377 g/mol. The maximum absolute atomic E-state index is 12.4. The Balaban J connectivity index is 0.00000169. The van der Waals surface area contributed by atoms with E-state index < -0.39 is 0 Å². The first kappa shape index (κ1) is 22.7. The molecule has 6 nitrogen and oxygen atoms in total. The van der Waals surface area contributed by atoms with Gasteiger partial charge in [-0.1, -0.05) is 0 Å². The summed E-state index contributed by atoms with van der Waals surface area (Å²) in [4.78, 5) is 27.9. The van der Waals surface area contributed by atoms with Gasteiger partial charge in [0, 0.05) is 56.4 Å². The van der Waals surface area contributed by atoms with Crippen LogP contribution in [0.15, 0.2) is 24.3 Å². The van der Waals surface area contributed by atoms with E-state index in [2.05, 4.69) is 10.2 Å². The maximum atomic E-state index is 12.4. The highest BCUT2D eigenvalue weighted by atomic mass is 35.5.